The third-order valence-corrected chi connectivity index (χ3v) is 5.87. The fourth-order valence-corrected chi connectivity index (χ4v) is 4.86. The Labute approximate surface area is 147 Å². The van der Waals surface area contributed by atoms with E-state index in [0.717, 1.165) is 31.3 Å². The van der Waals surface area contributed by atoms with Crippen molar-refractivity contribution in [3.05, 3.63) is 35.9 Å². The van der Waals surface area contributed by atoms with Crippen LogP contribution in [0.2, 0.25) is 0 Å². The third-order valence-electron chi connectivity index (χ3n) is 5.87. The van der Waals surface area contributed by atoms with Crippen molar-refractivity contribution in [2.45, 2.75) is 58.7 Å². The molecule has 1 aromatic carbocycles. The molecule has 0 radical (unpaired) electrons. The molecule has 2 aliphatic rings. The van der Waals surface area contributed by atoms with Crippen molar-refractivity contribution in [2.75, 3.05) is 19.6 Å². The number of nitrogens with zero attached hydrogens (tertiary/aromatic N) is 1. The number of rotatable bonds is 7. The van der Waals surface area contributed by atoms with Gasteiger partial charge in [0, 0.05) is 32.2 Å². The monoisotopic (exact) mass is 330 g/mol. The van der Waals surface area contributed by atoms with Crippen LogP contribution in [0.4, 0.5) is 0 Å². The summed E-state index contributed by atoms with van der Waals surface area (Å²) < 4.78 is 0. The molecular formula is C21H34N2O. The zero-order valence-corrected chi connectivity index (χ0v) is 15.5. The third kappa shape index (κ3) is 4.59. The standard InChI is InChI=1S/C21H34N2O/c1-16(24)11-21(2,3)15-22-20-10-9-18-13-23(14-19(18)20)12-17-7-5-4-6-8-17/h4-8,16,18-20,22,24H,9-15H2,1-3H3. The molecule has 1 saturated carbocycles. The molecule has 4 atom stereocenters. The maximum atomic E-state index is 9.67. The quantitative estimate of drug-likeness (QED) is 0.805. The van der Waals surface area contributed by atoms with E-state index in [9.17, 15) is 5.11 Å². The molecule has 4 unspecified atom stereocenters. The van der Waals surface area contributed by atoms with E-state index in [0.29, 0.717) is 6.04 Å². The van der Waals surface area contributed by atoms with Gasteiger partial charge in [0.05, 0.1) is 6.10 Å². The molecule has 1 aliphatic heterocycles. The SMILES string of the molecule is CC(O)CC(C)(C)CNC1CCC2CN(Cc3ccccc3)CC21. The summed E-state index contributed by atoms with van der Waals surface area (Å²) in [7, 11) is 0. The number of aliphatic hydroxyl groups excluding tert-OH is 1. The van der Waals surface area contributed by atoms with Gasteiger partial charge in [-0.05, 0) is 49.0 Å². The van der Waals surface area contributed by atoms with Gasteiger partial charge in [0.2, 0.25) is 0 Å². The Morgan fingerprint density at radius 3 is 2.67 bits per heavy atom. The molecule has 134 valence electrons. The molecule has 3 rings (SSSR count). The Morgan fingerprint density at radius 1 is 1.21 bits per heavy atom. The first-order valence-corrected chi connectivity index (χ1v) is 9.61. The minimum Gasteiger partial charge on any atom is -0.393 e. The van der Waals surface area contributed by atoms with Gasteiger partial charge in [0.25, 0.3) is 0 Å². The Kier molecular flexibility index (Phi) is 5.63. The van der Waals surface area contributed by atoms with Crippen molar-refractivity contribution in [1.29, 1.82) is 0 Å². The van der Waals surface area contributed by atoms with Crippen LogP contribution in [0.3, 0.4) is 0 Å². The Hall–Kier alpha value is -0.900. The average molecular weight is 331 g/mol. The topological polar surface area (TPSA) is 35.5 Å². The smallest absolute Gasteiger partial charge is 0.0517 e. The highest BCUT2D eigenvalue weighted by atomic mass is 16.3. The van der Waals surface area contributed by atoms with Crippen LogP contribution in [-0.2, 0) is 6.54 Å². The molecule has 0 bridgehead atoms. The van der Waals surface area contributed by atoms with E-state index in [2.05, 4.69) is 54.4 Å². The summed E-state index contributed by atoms with van der Waals surface area (Å²) in [6.45, 7) is 11.0. The van der Waals surface area contributed by atoms with Crippen LogP contribution < -0.4 is 5.32 Å². The summed E-state index contributed by atoms with van der Waals surface area (Å²) in [5.74, 6) is 1.67. The number of nitrogens with one attached hydrogen (secondary N) is 1. The highest BCUT2D eigenvalue weighted by Gasteiger charge is 2.42. The zero-order chi connectivity index (χ0) is 17.2. The van der Waals surface area contributed by atoms with E-state index in [4.69, 9.17) is 0 Å². The molecule has 24 heavy (non-hydrogen) atoms. The van der Waals surface area contributed by atoms with Crippen molar-refractivity contribution in [2.24, 2.45) is 17.3 Å². The lowest BCUT2D eigenvalue weighted by Gasteiger charge is -2.30. The number of fused-ring (bicyclic) bond motifs is 1. The van der Waals surface area contributed by atoms with Gasteiger partial charge in [-0.3, -0.25) is 4.90 Å². The van der Waals surface area contributed by atoms with Crippen molar-refractivity contribution >= 4 is 0 Å². The van der Waals surface area contributed by atoms with Gasteiger partial charge in [-0.1, -0.05) is 44.2 Å². The second-order valence-electron chi connectivity index (χ2n) is 8.89. The minimum absolute atomic E-state index is 0.161. The van der Waals surface area contributed by atoms with E-state index in [1.165, 1.54) is 31.5 Å². The molecule has 1 aromatic rings. The predicted octanol–water partition coefficient (Wildman–Crippen LogP) is 3.28. The van der Waals surface area contributed by atoms with Gasteiger partial charge in [0.15, 0.2) is 0 Å². The van der Waals surface area contributed by atoms with Crippen LogP contribution in [-0.4, -0.2) is 41.8 Å². The lowest BCUT2D eigenvalue weighted by atomic mass is 9.86. The highest BCUT2D eigenvalue weighted by Crippen LogP contribution is 2.39. The highest BCUT2D eigenvalue weighted by molar-refractivity contribution is 5.15. The summed E-state index contributed by atoms with van der Waals surface area (Å²) >= 11 is 0. The van der Waals surface area contributed by atoms with Crippen molar-refractivity contribution in [3.63, 3.8) is 0 Å². The summed E-state index contributed by atoms with van der Waals surface area (Å²) in [4.78, 5) is 2.64. The van der Waals surface area contributed by atoms with Gasteiger partial charge in [-0.15, -0.1) is 0 Å². The summed E-state index contributed by atoms with van der Waals surface area (Å²) in [5.41, 5.74) is 1.59. The van der Waals surface area contributed by atoms with Crippen LogP contribution in [0, 0.1) is 17.3 Å². The van der Waals surface area contributed by atoms with Crippen molar-refractivity contribution in [3.8, 4) is 0 Å². The maximum absolute atomic E-state index is 9.67. The molecule has 2 N–H and O–H groups in total. The number of likely N-dealkylation sites (tertiary alicyclic amines) is 1. The molecule has 0 spiro atoms. The first kappa shape index (κ1) is 17.9. The number of hydrogen-bond donors (Lipinski definition) is 2. The summed E-state index contributed by atoms with van der Waals surface area (Å²) in [6.07, 6.45) is 3.33. The van der Waals surface area contributed by atoms with Gasteiger partial charge in [0.1, 0.15) is 0 Å². The van der Waals surface area contributed by atoms with E-state index >= 15 is 0 Å². The Morgan fingerprint density at radius 2 is 1.96 bits per heavy atom. The van der Waals surface area contributed by atoms with Gasteiger partial charge >= 0.3 is 0 Å². The first-order chi connectivity index (χ1) is 11.4. The van der Waals surface area contributed by atoms with Crippen LogP contribution in [0.15, 0.2) is 30.3 Å². The van der Waals surface area contributed by atoms with Gasteiger partial charge in [-0.2, -0.15) is 0 Å². The fourth-order valence-electron chi connectivity index (χ4n) is 4.86. The lowest BCUT2D eigenvalue weighted by molar-refractivity contribution is 0.125. The fraction of sp³-hybridized carbons (Fsp3) is 0.714. The molecule has 1 saturated heterocycles. The Bertz CT molecular complexity index is 514. The van der Waals surface area contributed by atoms with Crippen LogP contribution >= 0.6 is 0 Å². The number of aliphatic hydroxyl groups is 1. The van der Waals surface area contributed by atoms with Crippen LogP contribution in [0.1, 0.15) is 45.6 Å². The molecule has 2 fully saturated rings. The van der Waals surface area contributed by atoms with Crippen LogP contribution in [0.25, 0.3) is 0 Å². The van der Waals surface area contributed by atoms with Crippen molar-refractivity contribution < 1.29 is 5.11 Å². The molecular weight excluding hydrogens is 296 g/mol. The lowest BCUT2D eigenvalue weighted by Crippen LogP contribution is -2.41. The largest absolute Gasteiger partial charge is 0.393 e. The molecule has 1 aliphatic carbocycles. The number of hydrogen-bond acceptors (Lipinski definition) is 3. The van der Waals surface area contributed by atoms with E-state index < -0.39 is 0 Å². The molecule has 1 heterocycles. The van der Waals surface area contributed by atoms with E-state index in [1.54, 1.807) is 0 Å². The average Bonchev–Trinajstić information content (AvgIpc) is 3.05. The van der Waals surface area contributed by atoms with Crippen molar-refractivity contribution in [1.82, 2.24) is 10.2 Å². The van der Waals surface area contributed by atoms with E-state index in [-0.39, 0.29) is 11.5 Å². The molecule has 0 aromatic heterocycles. The second-order valence-corrected chi connectivity index (χ2v) is 8.89. The number of benzene rings is 1. The van der Waals surface area contributed by atoms with Crippen LogP contribution in [0.5, 0.6) is 0 Å². The normalized spacial score (nSPS) is 28.9. The summed E-state index contributed by atoms with van der Waals surface area (Å²) in [5, 5.41) is 13.5. The minimum atomic E-state index is -0.217. The predicted molar refractivity (Wildman–Crippen MR) is 99.8 cm³/mol. The maximum Gasteiger partial charge on any atom is 0.0517 e. The first-order valence-electron chi connectivity index (χ1n) is 9.61. The second kappa shape index (κ2) is 7.55. The molecule has 0 amide bonds. The molecule has 3 heteroatoms. The molecule has 3 nitrogen and oxygen atoms in total. The summed E-state index contributed by atoms with van der Waals surface area (Å²) in [6, 6.07) is 11.5. The van der Waals surface area contributed by atoms with E-state index in [1.807, 2.05) is 6.92 Å². The Balaban J connectivity index is 1.50. The van der Waals surface area contributed by atoms with Gasteiger partial charge < -0.3 is 10.4 Å². The zero-order valence-electron chi connectivity index (χ0n) is 15.5. The van der Waals surface area contributed by atoms with Gasteiger partial charge in [-0.25, -0.2) is 0 Å².